The van der Waals surface area contributed by atoms with Crippen LogP contribution >= 0.6 is 35.6 Å². The number of nitrogens with zero attached hydrogens (tertiary/aromatic N) is 3. The first-order valence-electron chi connectivity index (χ1n) is 5.92. The summed E-state index contributed by atoms with van der Waals surface area (Å²) in [5.41, 5.74) is 6.81. The summed E-state index contributed by atoms with van der Waals surface area (Å²) in [5.74, 6) is 0.543. The van der Waals surface area contributed by atoms with Crippen LogP contribution in [0.2, 0.25) is 5.02 Å². The zero-order valence-electron chi connectivity index (χ0n) is 10.8. The van der Waals surface area contributed by atoms with Gasteiger partial charge in [-0.25, -0.2) is 4.99 Å². The molecule has 1 saturated heterocycles. The Morgan fingerprint density at radius 3 is 3.05 bits per heavy atom. The Morgan fingerprint density at radius 1 is 1.63 bits per heavy atom. The van der Waals surface area contributed by atoms with Gasteiger partial charge in [0.25, 0.3) is 0 Å². The van der Waals surface area contributed by atoms with Crippen LogP contribution in [0.1, 0.15) is 12.6 Å². The summed E-state index contributed by atoms with van der Waals surface area (Å²) in [4.78, 5) is 10.5. The van der Waals surface area contributed by atoms with Gasteiger partial charge in [0.2, 0.25) is 0 Å². The van der Waals surface area contributed by atoms with Crippen LogP contribution in [0.5, 0.6) is 0 Å². The lowest BCUT2D eigenvalue weighted by atomic mass is 10.3. The molecule has 1 aromatic rings. The van der Waals surface area contributed by atoms with Crippen molar-refractivity contribution >= 4 is 41.5 Å². The third-order valence-corrected chi connectivity index (χ3v) is 2.98. The maximum absolute atomic E-state index is 5.95. The lowest BCUT2D eigenvalue weighted by molar-refractivity contribution is 0.00528. The highest BCUT2D eigenvalue weighted by Gasteiger charge is 2.17. The normalized spacial score (nSPS) is 20.0. The molecule has 0 aliphatic carbocycles. The van der Waals surface area contributed by atoms with Crippen molar-refractivity contribution in [2.75, 3.05) is 19.7 Å². The van der Waals surface area contributed by atoms with Crippen molar-refractivity contribution in [3.05, 3.63) is 29.0 Å². The molecule has 0 bridgehead atoms. The highest BCUT2D eigenvalue weighted by molar-refractivity contribution is 14.0. The van der Waals surface area contributed by atoms with Gasteiger partial charge in [-0.3, -0.25) is 4.98 Å². The molecule has 1 aliphatic rings. The number of nitrogens with two attached hydrogens (primary N) is 1. The van der Waals surface area contributed by atoms with E-state index in [1.807, 2.05) is 17.9 Å². The summed E-state index contributed by atoms with van der Waals surface area (Å²) < 4.78 is 5.45. The maximum atomic E-state index is 5.95. The molecule has 2 heterocycles. The molecule has 0 radical (unpaired) electrons. The third-order valence-electron chi connectivity index (χ3n) is 2.76. The number of halogens is 2. The minimum Gasteiger partial charge on any atom is -0.375 e. The van der Waals surface area contributed by atoms with Gasteiger partial charge in [-0.05, 0) is 19.1 Å². The summed E-state index contributed by atoms with van der Waals surface area (Å²) in [5, 5.41) is 0.623. The molecule has 1 atom stereocenters. The number of aromatic nitrogens is 1. The van der Waals surface area contributed by atoms with Crippen LogP contribution < -0.4 is 5.73 Å². The maximum Gasteiger partial charge on any atom is 0.191 e. The summed E-state index contributed by atoms with van der Waals surface area (Å²) in [6.07, 6.45) is 1.81. The highest BCUT2D eigenvalue weighted by Crippen LogP contribution is 2.08. The first-order valence-corrected chi connectivity index (χ1v) is 6.30. The lowest BCUT2D eigenvalue weighted by Gasteiger charge is -2.31. The van der Waals surface area contributed by atoms with Crippen molar-refractivity contribution in [1.82, 2.24) is 9.88 Å². The quantitative estimate of drug-likeness (QED) is 0.471. The summed E-state index contributed by atoms with van der Waals surface area (Å²) in [6.45, 7) is 4.75. The van der Waals surface area contributed by atoms with Crippen molar-refractivity contribution in [3.8, 4) is 0 Å². The topological polar surface area (TPSA) is 63.7 Å². The molecular formula is C12H18ClIN4O. The van der Waals surface area contributed by atoms with Crippen molar-refractivity contribution in [3.63, 3.8) is 0 Å². The minimum absolute atomic E-state index is 0. The SMILES string of the molecule is CC1CN(C(N)=NCc2ccc(Cl)cn2)CCO1.I. The van der Waals surface area contributed by atoms with E-state index >= 15 is 0 Å². The fourth-order valence-electron chi connectivity index (χ4n) is 1.79. The molecule has 5 nitrogen and oxygen atoms in total. The van der Waals surface area contributed by atoms with Crippen LogP contribution in [0.15, 0.2) is 23.3 Å². The van der Waals surface area contributed by atoms with Crippen molar-refractivity contribution in [1.29, 1.82) is 0 Å². The molecule has 19 heavy (non-hydrogen) atoms. The molecule has 1 aromatic heterocycles. The van der Waals surface area contributed by atoms with E-state index in [4.69, 9.17) is 22.1 Å². The highest BCUT2D eigenvalue weighted by atomic mass is 127. The van der Waals surface area contributed by atoms with Crippen molar-refractivity contribution < 1.29 is 4.74 Å². The standard InChI is InChI=1S/C12H17ClN4O.HI/c1-9-8-17(4-5-18-9)12(14)16-7-11-3-2-10(13)6-15-11;/h2-3,6,9H,4-5,7-8H2,1H3,(H2,14,16);1H. The van der Waals surface area contributed by atoms with E-state index in [-0.39, 0.29) is 30.1 Å². The average molecular weight is 397 g/mol. The Labute approximate surface area is 135 Å². The van der Waals surface area contributed by atoms with E-state index < -0.39 is 0 Å². The molecule has 0 spiro atoms. The monoisotopic (exact) mass is 396 g/mol. The van der Waals surface area contributed by atoms with Crippen LogP contribution in [-0.2, 0) is 11.3 Å². The van der Waals surface area contributed by atoms with Gasteiger partial charge in [-0.2, -0.15) is 0 Å². The number of pyridine rings is 1. The van der Waals surface area contributed by atoms with Gasteiger partial charge >= 0.3 is 0 Å². The second-order valence-corrected chi connectivity index (χ2v) is 4.71. The van der Waals surface area contributed by atoms with Crippen molar-refractivity contribution in [2.45, 2.75) is 19.6 Å². The van der Waals surface area contributed by atoms with Gasteiger partial charge in [0.05, 0.1) is 30.0 Å². The number of ether oxygens (including phenoxy) is 1. The lowest BCUT2D eigenvalue weighted by Crippen LogP contribution is -2.47. The summed E-state index contributed by atoms with van der Waals surface area (Å²) in [7, 11) is 0. The zero-order chi connectivity index (χ0) is 13.0. The molecule has 0 amide bonds. The second-order valence-electron chi connectivity index (χ2n) is 4.27. The molecule has 7 heteroatoms. The molecule has 1 unspecified atom stereocenters. The number of rotatable bonds is 2. The van der Waals surface area contributed by atoms with Gasteiger partial charge in [0.15, 0.2) is 5.96 Å². The number of aliphatic imine (C=N–C) groups is 1. The van der Waals surface area contributed by atoms with Crippen molar-refractivity contribution in [2.24, 2.45) is 10.7 Å². The van der Waals surface area contributed by atoms with Gasteiger partial charge in [-0.1, -0.05) is 11.6 Å². The number of guanidine groups is 1. The summed E-state index contributed by atoms with van der Waals surface area (Å²) in [6, 6.07) is 3.65. The van der Waals surface area contributed by atoms with E-state index in [2.05, 4.69) is 9.98 Å². The van der Waals surface area contributed by atoms with E-state index in [9.17, 15) is 0 Å². The van der Waals surface area contributed by atoms with Crippen LogP contribution in [0.4, 0.5) is 0 Å². The predicted octanol–water partition coefficient (Wildman–Crippen LogP) is 1.89. The fourth-order valence-corrected chi connectivity index (χ4v) is 1.90. The third kappa shape index (κ3) is 5.12. The fraction of sp³-hybridized carbons (Fsp3) is 0.500. The van der Waals surface area contributed by atoms with E-state index in [0.717, 1.165) is 18.8 Å². The first kappa shape index (κ1) is 16.5. The minimum atomic E-state index is 0. The number of hydrogen-bond donors (Lipinski definition) is 1. The second kappa shape index (κ2) is 7.86. The Bertz CT molecular complexity index is 426. The van der Waals surface area contributed by atoms with Gasteiger partial charge in [0.1, 0.15) is 0 Å². The molecule has 106 valence electrons. The van der Waals surface area contributed by atoms with E-state index in [1.165, 1.54) is 0 Å². The number of morpholine rings is 1. The molecule has 1 aliphatic heterocycles. The largest absolute Gasteiger partial charge is 0.375 e. The number of hydrogen-bond acceptors (Lipinski definition) is 3. The Kier molecular flexibility index (Phi) is 6.81. The van der Waals surface area contributed by atoms with Crippen LogP contribution in [0.3, 0.4) is 0 Å². The van der Waals surface area contributed by atoms with Crippen LogP contribution in [-0.4, -0.2) is 41.6 Å². The van der Waals surface area contributed by atoms with E-state index in [0.29, 0.717) is 24.1 Å². The Hall–Kier alpha value is -0.600. The Morgan fingerprint density at radius 2 is 2.42 bits per heavy atom. The molecular weight excluding hydrogens is 379 g/mol. The Balaban J connectivity index is 0.00000180. The van der Waals surface area contributed by atoms with Gasteiger partial charge < -0.3 is 15.4 Å². The summed E-state index contributed by atoms with van der Waals surface area (Å²) >= 11 is 5.77. The predicted molar refractivity (Wildman–Crippen MR) is 87.0 cm³/mol. The average Bonchev–Trinajstić information content (AvgIpc) is 2.38. The van der Waals surface area contributed by atoms with Gasteiger partial charge in [0, 0.05) is 19.3 Å². The molecule has 2 rings (SSSR count). The first-order chi connectivity index (χ1) is 8.65. The molecule has 1 fully saturated rings. The molecule has 2 N–H and O–H groups in total. The zero-order valence-corrected chi connectivity index (χ0v) is 13.8. The molecule has 0 saturated carbocycles. The molecule has 0 aromatic carbocycles. The smallest absolute Gasteiger partial charge is 0.191 e. The van der Waals surface area contributed by atoms with E-state index in [1.54, 1.807) is 12.3 Å². The van der Waals surface area contributed by atoms with Gasteiger partial charge in [-0.15, -0.1) is 24.0 Å². The van der Waals surface area contributed by atoms with Crippen LogP contribution in [0.25, 0.3) is 0 Å². The van der Waals surface area contributed by atoms with Crippen LogP contribution in [0, 0.1) is 0 Å².